The highest BCUT2D eigenvalue weighted by Gasteiger charge is 2.09. The van der Waals surface area contributed by atoms with E-state index in [9.17, 15) is 0 Å². The lowest BCUT2D eigenvalue weighted by atomic mass is 10.6. The zero-order chi connectivity index (χ0) is 5.91. The van der Waals surface area contributed by atoms with Crippen LogP contribution in [0, 0.1) is 6.92 Å². The lowest BCUT2D eigenvalue weighted by molar-refractivity contribution is -0.160. The van der Waals surface area contributed by atoms with Crippen molar-refractivity contribution in [2.24, 2.45) is 5.73 Å². The minimum absolute atomic E-state index is 0.372. The highest BCUT2D eigenvalue weighted by Crippen LogP contribution is 1.90. The average Bonchev–Trinajstić information content (AvgIpc) is 1.30. The number of rotatable bonds is 2. The molecule has 7 heavy (non-hydrogen) atoms. The molecule has 3 nitrogen and oxygen atoms in total. The predicted molar refractivity (Wildman–Crippen MR) is 26.1 cm³/mol. The third-order valence-electron chi connectivity index (χ3n) is 0.394. The highest BCUT2D eigenvalue weighted by molar-refractivity contribution is 4.56. The summed E-state index contributed by atoms with van der Waals surface area (Å²) in [6.45, 7) is 5.17. The first kappa shape index (κ1) is 6.88. The molecule has 0 fully saturated rings. The Bertz CT molecular complexity index is 48.1. The van der Waals surface area contributed by atoms with Gasteiger partial charge in [-0.05, 0) is 6.92 Å². The van der Waals surface area contributed by atoms with E-state index in [2.05, 4.69) is 11.7 Å². The van der Waals surface area contributed by atoms with Gasteiger partial charge in [0.1, 0.15) is 0 Å². The van der Waals surface area contributed by atoms with Gasteiger partial charge in [0.2, 0.25) is 5.91 Å². The van der Waals surface area contributed by atoms with Gasteiger partial charge in [0.25, 0.3) is 0 Å². The minimum Gasteiger partial charge on any atom is -0.353 e. The first-order valence-electron chi connectivity index (χ1n) is 2.07. The van der Waals surface area contributed by atoms with Crippen molar-refractivity contribution in [3.8, 4) is 0 Å². The van der Waals surface area contributed by atoms with Gasteiger partial charge in [-0.15, -0.1) is 0 Å². The van der Waals surface area contributed by atoms with Crippen molar-refractivity contribution in [2.45, 2.75) is 12.8 Å². The number of hydrogen-bond donors (Lipinski definition) is 2. The molecule has 43 valence electrons. The maximum Gasteiger partial charge on any atom is 0.222 e. The normalized spacial score (nSPS) is 18.9. The van der Waals surface area contributed by atoms with E-state index in [1.807, 2.05) is 0 Å². The van der Waals surface area contributed by atoms with Gasteiger partial charge < -0.3 is 9.84 Å². The first-order valence-corrected chi connectivity index (χ1v) is 2.07. The summed E-state index contributed by atoms with van der Waals surface area (Å²) in [7, 11) is 0. The summed E-state index contributed by atoms with van der Waals surface area (Å²) >= 11 is 0. The monoisotopic (exact) mass is 104 g/mol. The third kappa shape index (κ3) is 5.88. The van der Waals surface area contributed by atoms with Gasteiger partial charge in [-0.1, -0.05) is 0 Å². The Balaban J connectivity index is 3.15. The molecule has 0 saturated carbocycles. The Hall–Kier alpha value is -0.120. The topological polar surface area (TPSA) is 55.5 Å². The standard InChI is InChI=1S/C4H10NO2/c1-3-7-4(2,5)6/h6H,2-3,5H2,1H3. The molecular formula is C4H10NO2. The third-order valence-corrected chi connectivity index (χ3v) is 0.394. The van der Waals surface area contributed by atoms with Crippen molar-refractivity contribution in [1.29, 1.82) is 0 Å². The largest absolute Gasteiger partial charge is 0.353 e. The van der Waals surface area contributed by atoms with E-state index >= 15 is 0 Å². The Morgan fingerprint density at radius 2 is 2.43 bits per heavy atom. The van der Waals surface area contributed by atoms with Crippen molar-refractivity contribution < 1.29 is 9.84 Å². The van der Waals surface area contributed by atoms with Crippen molar-refractivity contribution in [3.63, 3.8) is 0 Å². The lowest BCUT2D eigenvalue weighted by Gasteiger charge is -2.15. The summed E-state index contributed by atoms with van der Waals surface area (Å²) in [5.41, 5.74) is 4.87. The van der Waals surface area contributed by atoms with Crippen LogP contribution in [-0.4, -0.2) is 17.6 Å². The summed E-state index contributed by atoms with van der Waals surface area (Å²) in [6.07, 6.45) is 0. The van der Waals surface area contributed by atoms with Gasteiger partial charge in [-0.2, -0.15) is 0 Å². The Labute approximate surface area is 43.1 Å². The van der Waals surface area contributed by atoms with E-state index in [0.717, 1.165) is 0 Å². The van der Waals surface area contributed by atoms with Crippen molar-refractivity contribution in [2.75, 3.05) is 6.61 Å². The van der Waals surface area contributed by atoms with E-state index < -0.39 is 5.91 Å². The maximum atomic E-state index is 8.46. The van der Waals surface area contributed by atoms with E-state index in [4.69, 9.17) is 10.8 Å². The molecule has 1 unspecified atom stereocenters. The van der Waals surface area contributed by atoms with Crippen LogP contribution >= 0.6 is 0 Å². The molecule has 3 N–H and O–H groups in total. The van der Waals surface area contributed by atoms with Crippen LogP contribution in [0.5, 0.6) is 0 Å². The van der Waals surface area contributed by atoms with E-state index in [1.54, 1.807) is 6.92 Å². The van der Waals surface area contributed by atoms with Gasteiger partial charge in [0, 0.05) is 13.5 Å². The summed E-state index contributed by atoms with van der Waals surface area (Å²) in [5, 5.41) is 8.46. The summed E-state index contributed by atoms with van der Waals surface area (Å²) in [5.74, 6) is -1.70. The Morgan fingerprint density at radius 1 is 2.00 bits per heavy atom. The average molecular weight is 104 g/mol. The fourth-order valence-corrected chi connectivity index (χ4v) is 0.250. The van der Waals surface area contributed by atoms with E-state index in [1.165, 1.54) is 0 Å². The molecule has 0 aliphatic carbocycles. The van der Waals surface area contributed by atoms with E-state index in [-0.39, 0.29) is 0 Å². The smallest absolute Gasteiger partial charge is 0.222 e. The van der Waals surface area contributed by atoms with Crippen LogP contribution in [0.3, 0.4) is 0 Å². The molecule has 0 spiro atoms. The summed E-state index contributed by atoms with van der Waals surface area (Å²) in [4.78, 5) is 0. The molecule has 0 amide bonds. The van der Waals surface area contributed by atoms with Crippen LogP contribution in [0.15, 0.2) is 0 Å². The molecule has 0 aromatic rings. The van der Waals surface area contributed by atoms with Gasteiger partial charge in [-0.3, -0.25) is 5.73 Å². The fraction of sp³-hybridized carbons (Fsp3) is 0.750. The Kier molecular flexibility index (Phi) is 2.22. The number of nitrogens with two attached hydrogens (primary N) is 1. The fourth-order valence-electron chi connectivity index (χ4n) is 0.250. The molecule has 0 aliphatic heterocycles. The van der Waals surface area contributed by atoms with Crippen LogP contribution in [0.4, 0.5) is 0 Å². The zero-order valence-corrected chi connectivity index (χ0v) is 4.35. The van der Waals surface area contributed by atoms with Crippen LogP contribution in [-0.2, 0) is 4.74 Å². The van der Waals surface area contributed by atoms with Crippen molar-refractivity contribution in [3.05, 3.63) is 6.92 Å². The molecule has 0 saturated heterocycles. The number of hydrogen-bond acceptors (Lipinski definition) is 3. The molecule has 0 aliphatic rings. The zero-order valence-electron chi connectivity index (χ0n) is 4.35. The minimum atomic E-state index is -1.70. The maximum absolute atomic E-state index is 8.46. The summed E-state index contributed by atoms with van der Waals surface area (Å²) in [6, 6.07) is 0. The lowest BCUT2D eigenvalue weighted by Crippen LogP contribution is -2.39. The molecule has 0 rings (SSSR count). The second-order valence-electron chi connectivity index (χ2n) is 1.28. The molecule has 3 heteroatoms. The SMILES string of the molecule is [CH2]C(N)(O)OCC. The number of aliphatic hydroxyl groups is 1. The van der Waals surface area contributed by atoms with Crippen LogP contribution in [0.25, 0.3) is 0 Å². The van der Waals surface area contributed by atoms with Crippen LogP contribution in [0.1, 0.15) is 6.92 Å². The van der Waals surface area contributed by atoms with Gasteiger partial charge >= 0.3 is 0 Å². The van der Waals surface area contributed by atoms with Crippen LogP contribution in [0.2, 0.25) is 0 Å². The summed E-state index contributed by atoms with van der Waals surface area (Å²) < 4.78 is 4.45. The number of ether oxygens (including phenoxy) is 1. The second kappa shape index (κ2) is 2.26. The van der Waals surface area contributed by atoms with Crippen molar-refractivity contribution >= 4 is 0 Å². The molecule has 1 atom stereocenters. The molecule has 0 aromatic heterocycles. The molecular weight excluding hydrogens is 94.0 g/mol. The first-order chi connectivity index (χ1) is 3.06. The highest BCUT2D eigenvalue weighted by atomic mass is 16.6. The van der Waals surface area contributed by atoms with Gasteiger partial charge in [0.05, 0.1) is 0 Å². The van der Waals surface area contributed by atoms with Gasteiger partial charge in [0.15, 0.2) is 0 Å². The Morgan fingerprint density at radius 3 is 2.43 bits per heavy atom. The molecule has 0 aromatic carbocycles. The quantitative estimate of drug-likeness (QED) is 0.463. The molecule has 1 radical (unpaired) electrons. The molecule has 0 bridgehead atoms. The van der Waals surface area contributed by atoms with Gasteiger partial charge in [-0.25, -0.2) is 0 Å². The van der Waals surface area contributed by atoms with Crippen molar-refractivity contribution in [1.82, 2.24) is 0 Å². The molecule has 0 heterocycles. The van der Waals surface area contributed by atoms with Crippen LogP contribution < -0.4 is 5.73 Å². The predicted octanol–water partition coefficient (Wildman–Crippen LogP) is -0.538. The van der Waals surface area contributed by atoms with E-state index in [0.29, 0.717) is 6.61 Å². The second-order valence-corrected chi connectivity index (χ2v) is 1.28.